The summed E-state index contributed by atoms with van der Waals surface area (Å²) in [5, 5.41) is 10.4. The third-order valence-electron chi connectivity index (χ3n) is 3.25. The van der Waals surface area contributed by atoms with Gasteiger partial charge in [-0.15, -0.1) is 11.3 Å². The molecule has 2 unspecified atom stereocenters. The Hall–Kier alpha value is -0.380. The minimum absolute atomic E-state index is 0.264. The summed E-state index contributed by atoms with van der Waals surface area (Å²) in [6, 6.07) is 2.23. The van der Waals surface area contributed by atoms with Gasteiger partial charge in [-0.2, -0.15) is 0 Å². The first kappa shape index (κ1) is 10.1. The van der Waals surface area contributed by atoms with Crippen molar-refractivity contribution in [3.8, 4) is 0 Å². The molecule has 0 radical (unpaired) electrons. The summed E-state index contributed by atoms with van der Waals surface area (Å²) in [5.74, 6) is 0.264. The van der Waals surface area contributed by atoms with Crippen LogP contribution in [-0.4, -0.2) is 11.7 Å². The first-order chi connectivity index (χ1) is 6.61. The van der Waals surface area contributed by atoms with Crippen LogP contribution in [0.1, 0.15) is 29.2 Å². The standard InChI is InChI=1S/C11H17NOS/c1-3-9-5-8-4-7(2)11(13,6-12)10(8)14-9/h5,7,13H,3-4,6,12H2,1-2H3. The molecular weight excluding hydrogens is 194 g/mol. The lowest BCUT2D eigenvalue weighted by Gasteiger charge is -2.26. The summed E-state index contributed by atoms with van der Waals surface area (Å²) >= 11 is 1.73. The Morgan fingerprint density at radius 1 is 1.71 bits per heavy atom. The number of hydrogen-bond acceptors (Lipinski definition) is 3. The largest absolute Gasteiger partial charge is 0.383 e. The molecule has 0 spiro atoms. The number of rotatable bonds is 2. The average molecular weight is 211 g/mol. The van der Waals surface area contributed by atoms with Crippen molar-refractivity contribution in [1.82, 2.24) is 0 Å². The molecular formula is C11H17NOS. The highest BCUT2D eigenvalue weighted by Crippen LogP contribution is 2.45. The lowest BCUT2D eigenvalue weighted by molar-refractivity contribution is 0.00792. The van der Waals surface area contributed by atoms with E-state index in [1.807, 2.05) is 0 Å². The fourth-order valence-corrected chi connectivity index (χ4v) is 3.54. The fraction of sp³-hybridized carbons (Fsp3) is 0.636. The van der Waals surface area contributed by atoms with Crippen LogP contribution in [0.15, 0.2) is 6.07 Å². The van der Waals surface area contributed by atoms with E-state index in [9.17, 15) is 5.11 Å². The third kappa shape index (κ3) is 1.23. The SMILES string of the molecule is CCc1cc2c(s1)C(O)(CN)C(C)C2. The van der Waals surface area contributed by atoms with Crippen LogP contribution in [0.5, 0.6) is 0 Å². The van der Waals surface area contributed by atoms with E-state index in [2.05, 4.69) is 19.9 Å². The Labute approximate surface area is 88.8 Å². The molecule has 0 saturated heterocycles. The molecule has 78 valence electrons. The Morgan fingerprint density at radius 2 is 2.43 bits per heavy atom. The number of thiophene rings is 1. The summed E-state index contributed by atoms with van der Waals surface area (Å²) in [6.07, 6.45) is 2.02. The number of aryl methyl sites for hydroxylation is 1. The van der Waals surface area contributed by atoms with Crippen LogP contribution in [0.25, 0.3) is 0 Å². The van der Waals surface area contributed by atoms with Gasteiger partial charge in [0.2, 0.25) is 0 Å². The van der Waals surface area contributed by atoms with Gasteiger partial charge < -0.3 is 10.8 Å². The lowest BCUT2D eigenvalue weighted by atomic mass is 9.93. The van der Waals surface area contributed by atoms with E-state index < -0.39 is 5.60 Å². The van der Waals surface area contributed by atoms with Gasteiger partial charge in [0.25, 0.3) is 0 Å². The maximum atomic E-state index is 10.4. The molecule has 0 aromatic carbocycles. The maximum absolute atomic E-state index is 10.4. The van der Waals surface area contributed by atoms with Crippen LogP contribution in [-0.2, 0) is 18.4 Å². The highest BCUT2D eigenvalue weighted by atomic mass is 32.1. The number of nitrogens with two attached hydrogens (primary N) is 1. The van der Waals surface area contributed by atoms with E-state index >= 15 is 0 Å². The predicted molar refractivity (Wildman–Crippen MR) is 59.5 cm³/mol. The second kappa shape index (κ2) is 3.33. The zero-order valence-corrected chi connectivity index (χ0v) is 9.53. The Morgan fingerprint density at radius 3 is 3.00 bits per heavy atom. The number of hydrogen-bond donors (Lipinski definition) is 2. The molecule has 1 aliphatic carbocycles. The highest BCUT2D eigenvalue weighted by molar-refractivity contribution is 7.12. The second-order valence-corrected chi connectivity index (χ2v) is 5.29. The van der Waals surface area contributed by atoms with Gasteiger partial charge >= 0.3 is 0 Å². The fourth-order valence-electron chi connectivity index (χ4n) is 2.19. The quantitative estimate of drug-likeness (QED) is 0.781. The summed E-state index contributed by atoms with van der Waals surface area (Å²) in [7, 11) is 0. The summed E-state index contributed by atoms with van der Waals surface area (Å²) < 4.78 is 0. The van der Waals surface area contributed by atoms with Gasteiger partial charge in [-0.3, -0.25) is 0 Å². The van der Waals surface area contributed by atoms with E-state index in [-0.39, 0.29) is 5.92 Å². The van der Waals surface area contributed by atoms with E-state index in [1.165, 1.54) is 10.4 Å². The molecule has 0 bridgehead atoms. The smallest absolute Gasteiger partial charge is 0.114 e. The first-order valence-electron chi connectivity index (χ1n) is 5.16. The van der Waals surface area contributed by atoms with Crippen molar-refractivity contribution in [3.05, 3.63) is 21.4 Å². The second-order valence-electron chi connectivity index (χ2n) is 4.15. The van der Waals surface area contributed by atoms with Crippen molar-refractivity contribution in [2.45, 2.75) is 32.3 Å². The van der Waals surface area contributed by atoms with Crippen LogP contribution in [0.4, 0.5) is 0 Å². The predicted octanol–water partition coefficient (Wildman–Crippen LogP) is 1.65. The molecule has 0 aliphatic heterocycles. The molecule has 1 aromatic heterocycles. The highest BCUT2D eigenvalue weighted by Gasteiger charge is 2.43. The molecule has 1 aromatic rings. The van der Waals surface area contributed by atoms with E-state index in [4.69, 9.17) is 5.73 Å². The molecule has 2 rings (SSSR count). The van der Waals surface area contributed by atoms with E-state index in [0.29, 0.717) is 6.54 Å². The van der Waals surface area contributed by atoms with Crippen LogP contribution >= 0.6 is 11.3 Å². The van der Waals surface area contributed by atoms with Gasteiger partial charge in [0.15, 0.2) is 0 Å². The Balaban J connectivity index is 2.44. The van der Waals surface area contributed by atoms with Crippen molar-refractivity contribution in [2.75, 3.05) is 6.54 Å². The topological polar surface area (TPSA) is 46.2 Å². The molecule has 2 atom stereocenters. The van der Waals surface area contributed by atoms with Crippen molar-refractivity contribution in [2.24, 2.45) is 11.7 Å². The zero-order chi connectivity index (χ0) is 10.3. The molecule has 0 saturated carbocycles. The average Bonchev–Trinajstić information content (AvgIpc) is 2.68. The van der Waals surface area contributed by atoms with Gasteiger partial charge in [0.05, 0.1) is 0 Å². The Kier molecular flexibility index (Phi) is 2.41. The van der Waals surface area contributed by atoms with Crippen molar-refractivity contribution < 1.29 is 5.11 Å². The normalized spacial score (nSPS) is 30.7. The van der Waals surface area contributed by atoms with E-state index in [1.54, 1.807) is 11.3 Å². The van der Waals surface area contributed by atoms with Crippen LogP contribution in [0, 0.1) is 5.92 Å². The maximum Gasteiger partial charge on any atom is 0.114 e. The Bertz CT molecular complexity index is 347. The van der Waals surface area contributed by atoms with Crippen molar-refractivity contribution in [3.63, 3.8) is 0 Å². The van der Waals surface area contributed by atoms with Crippen LogP contribution < -0.4 is 5.73 Å². The molecule has 0 fully saturated rings. The molecule has 2 nitrogen and oxygen atoms in total. The minimum atomic E-state index is -0.757. The minimum Gasteiger partial charge on any atom is -0.383 e. The monoisotopic (exact) mass is 211 g/mol. The number of aliphatic hydroxyl groups is 1. The van der Waals surface area contributed by atoms with Gasteiger partial charge in [-0.05, 0) is 30.4 Å². The molecule has 1 heterocycles. The third-order valence-corrected chi connectivity index (χ3v) is 4.74. The van der Waals surface area contributed by atoms with Crippen molar-refractivity contribution >= 4 is 11.3 Å². The summed E-state index contributed by atoms with van der Waals surface area (Å²) in [6.45, 7) is 4.56. The molecule has 3 N–H and O–H groups in total. The number of fused-ring (bicyclic) bond motifs is 1. The van der Waals surface area contributed by atoms with E-state index in [0.717, 1.165) is 17.7 Å². The van der Waals surface area contributed by atoms with Crippen molar-refractivity contribution in [1.29, 1.82) is 0 Å². The van der Waals surface area contributed by atoms with Gasteiger partial charge in [0.1, 0.15) is 5.60 Å². The molecule has 0 amide bonds. The molecule has 1 aliphatic rings. The molecule has 3 heteroatoms. The lowest BCUT2D eigenvalue weighted by Crippen LogP contribution is -2.37. The first-order valence-corrected chi connectivity index (χ1v) is 5.98. The van der Waals surface area contributed by atoms with Crippen LogP contribution in [0.3, 0.4) is 0 Å². The molecule has 14 heavy (non-hydrogen) atoms. The van der Waals surface area contributed by atoms with Gasteiger partial charge in [-0.25, -0.2) is 0 Å². The summed E-state index contributed by atoms with van der Waals surface area (Å²) in [5.41, 5.74) is 6.24. The van der Waals surface area contributed by atoms with Crippen LogP contribution in [0.2, 0.25) is 0 Å². The summed E-state index contributed by atoms with van der Waals surface area (Å²) in [4.78, 5) is 2.47. The van der Waals surface area contributed by atoms with Gasteiger partial charge in [0, 0.05) is 16.3 Å². The zero-order valence-electron chi connectivity index (χ0n) is 8.71. The van der Waals surface area contributed by atoms with Gasteiger partial charge in [-0.1, -0.05) is 13.8 Å².